The number of nitro groups is 1. The second kappa shape index (κ2) is 6.78. The number of carbonyl (C=O) groups excluding carboxylic acids is 1. The molecule has 2 N–H and O–H groups in total. The Balaban J connectivity index is 1.67. The molecule has 0 aliphatic heterocycles. The van der Waals surface area contributed by atoms with E-state index in [4.69, 9.17) is 4.42 Å². The summed E-state index contributed by atoms with van der Waals surface area (Å²) in [5.74, 6) is -0.0501. The third-order valence-electron chi connectivity index (χ3n) is 3.41. The molecule has 0 saturated carbocycles. The molecule has 0 unspecified atom stereocenters. The van der Waals surface area contributed by atoms with Gasteiger partial charge >= 0.3 is 0 Å². The summed E-state index contributed by atoms with van der Waals surface area (Å²) in [5, 5.41) is 17.4. The Kier molecular flexibility index (Phi) is 4.37. The van der Waals surface area contributed by atoms with Gasteiger partial charge in [0.25, 0.3) is 11.6 Å². The normalized spacial score (nSPS) is 10.5. The van der Waals surface area contributed by atoms with Gasteiger partial charge in [0, 0.05) is 25.4 Å². The highest BCUT2D eigenvalue weighted by molar-refractivity contribution is 5.96. The molecule has 1 amide bonds. The van der Waals surface area contributed by atoms with Gasteiger partial charge in [0.2, 0.25) is 0 Å². The number of benzene rings is 1. The van der Waals surface area contributed by atoms with Crippen LogP contribution in [0.4, 0.5) is 11.4 Å². The highest BCUT2D eigenvalue weighted by Crippen LogP contribution is 2.29. The summed E-state index contributed by atoms with van der Waals surface area (Å²) in [4.78, 5) is 26.6. The van der Waals surface area contributed by atoms with Crippen molar-refractivity contribution in [1.82, 2.24) is 10.3 Å². The fourth-order valence-electron chi connectivity index (χ4n) is 2.33. The Morgan fingerprint density at radius 2 is 2.08 bits per heavy atom. The number of anilines is 1. The number of pyridine rings is 1. The molecular formula is C16H14N4O4. The van der Waals surface area contributed by atoms with Crippen molar-refractivity contribution < 1.29 is 14.1 Å². The monoisotopic (exact) mass is 326 g/mol. The van der Waals surface area contributed by atoms with E-state index in [0.717, 1.165) is 0 Å². The quantitative estimate of drug-likeness (QED) is 0.409. The molecule has 0 fully saturated rings. The van der Waals surface area contributed by atoms with Crippen molar-refractivity contribution >= 4 is 28.2 Å². The average molecular weight is 326 g/mol. The van der Waals surface area contributed by atoms with Crippen LogP contribution in [0.2, 0.25) is 0 Å². The SMILES string of the molecule is O=C(NCCNc1ccc([N+](=O)[O-])c2cccnc12)c1ccco1. The van der Waals surface area contributed by atoms with Gasteiger partial charge in [0.05, 0.1) is 22.3 Å². The number of furan rings is 1. The van der Waals surface area contributed by atoms with E-state index in [9.17, 15) is 14.9 Å². The number of amides is 1. The first kappa shape index (κ1) is 15.5. The molecule has 3 aromatic rings. The fourth-order valence-corrected chi connectivity index (χ4v) is 2.33. The molecule has 8 heteroatoms. The highest BCUT2D eigenvalue weighted by Gasteiger charge is 2.14. The van der Waals surface area contributed by atoms with E-state index < -0.39 is 4.92 Å². The highest BCUT2D eigenvalue weighted by atomic mass is 16.6. The van der Waals surface area contributed by atoms with Crippen molar-refractivity contribution in [3.05, 3.63) is 64.7 Å². The van der Waals surface area contributed by atoms with Crippen LogP contribution >= 0.6 is 0 Å². The number of nitro benzene ring substituents is 1. The number of aromatic nitrogens is 1. The van der Waals surface area contributed by atoms with Gasteiger partial charge in [-0.2, -0.15) is 0 Å². The number of hydrogen-bond donors (Lipinski definition) is 2. The van der Waals surface area contributed by atoms with Gasteiger partial charge in [-0.25, -0.2) is 0 Å². The van der Waals surface area contributed by atoms with Crippen molar-refractivity contribution in [3.8, 4) is 0 Å². The second-order valence-electron chi connectivity index (χ2n) is 4.95. The van der Waals surface area contributed by atoms with Crippen LogP contribution in [-0.4, -0.2) is 28.9 Å². The molecule has 2 aromatic heterocycles. The zero-order valence-corrected chi connectivity index (χ0v) is 12.6. The van der Waals surface area contributed by atoms with Crippen LogP contribution in [0.15, 0.2) is 53.3 Å². The number of non-ortho nitro benzene ring substituents is 1. The molecule has 0 saturated heterocycles. The molecule has 1 aromatic carbocycles. The van der Waals surface area contributed by atoms with Crippen LogP contribution in [0.25, 0.3) is 10.9 Å². The summed E-state index contributed by atoms with van der Waals surface area (Å²) in [6.07, 6.45) is 3.01. The van der Waals surface area contributed by atoms with Gasteiger partial charge in [-0.15, -0.1) is 0 Å². The Morgan fingerprint density at radius 1 is 1.21 bits per heavy atom. The number of nitrogens with one attached hydrogen (secondary N) is 2. The van der Waals surface area contributed by atoms with E-state index in [1.54, 1.807) is 36.5 Å². The van der Waals surface area contributed by atoms with Crippen LogP contribution in [-0.2, 0) is 0 Å². The summed E-state index contributed by atoms with van der Waals surface area (Å²) in [6, 6.07) is 9.58. The van der Waals surface area contributed by atoms with E-state index in [-0.39, 0.29) is 17.4 Å². The minimum Gasteiger partial charge on any atom is -0.459 e. The largest absolute Gasteiger partial charge is 0.459 e. The van der Waals surface area contributed by atoms with Gasteiger partial charge in [-0.1, -0.05) is 0 Å². The average Bonchev–Trinajstić information content (AvgIpc) is 3.13. The predicted molar refractivity (Wildman–Crippen MR) is 87.9 cm³/mol. The van der Waals surface area contributed by atoms with Gasteiger partial charge in [0.1, 0.15) is 5.52 Å². The first-order valence-electron chi connectivity index (χ1n) is 7.24. The van der Waals surface area contributed by atoms with Crippen molar-refractivity contribution in [2.75, 3.05) is 18.4 Å². The topological polar surface area (TPSA) is 110 Å². The number of nitrogens with zero attached hydrogens (tertiary/aromatic N) is 2. The maximum Gasteiger partial charge on any atom is 0.287 e. The molecule has 122 valence electrons. The van der Waals surface area contributed by atoms with Gasteiger partial charge in [-0.3, -0.25) is 19.9 Å². The third kappa shape index (κ3) is 3.17. The summed E-state index contributed by atoms with van der Waals surface area (Å²) < 4.78 is 5.00. The van der Waals surface area contributed by atoms with Crippen LogP contribution in [0.5, 0.6) is 0 Å². The lowest BCUT2D eigenvalue weighted by atomic mass is 10.1. The number of rotatable bonds is 6. The van der Waals surface area contributed by atoms with Crippen LogP contribution in [0.1, 0.15) is 10.6 Å². The Hall–Kier alpha value is -3.42. The second-order valence-corrected chi connectivity index (χ2v) is 4.95. The Bertz CT molecular complexity index is 877. The zero-order chi connectivity index (χ0) is 16.9. The van der Waals surface area contributed by atoms with E-state index >= 15 is 0 Å². The van der Waals surface area contributed by atoms with E-state index in [1.807, 2.05) is 0 Å². The molecular weight excluding hydrogens is 312 g/mol. The molecule has 0 radical (unpaired) electrons. The zero-order valence-electron chi connectivity index (χ0n) is 12.6. The lowest BCUT2D eigenvalue weighted by Crippen LogP contribution is -2.28. The lowest BCUT2D eigenvalue weighted by Gasteiger charge is -2.09. The van der Waals surface area contributed by atoms with Crippen LogP contribution < -0.4 is 10.6 Å². The van der Waals surface area contributed by atoms with E-state index in [0.29, 0.717) is 29.7 Å². The van der Waals surface area contributed by atoms with Crippen molar-refractivity contribution in [2.45, 2.75) is 0 Å². The molecule has 24 heavy (non-hydrogen) atoms. The van der Waals surface area contributed by atoms with Crippen LogP contribution in [0, 0.1) is 10.1 Å². The van der Waals surface area contributed by atoms with E-state index in [1.165, 1.54) is 12.3 Å². The number of hydrogen-bond acceptors (Lipinski definition) is 6. The lowest BCUT2D eigenvalue weighted by molar-refractivity contribution is -0.383. The summed E-state index contributed by atoms with van der Waals surface area (Å²) in [6.45, 7) is 0.806. The Labute approximate surface area is 136 Å². The summed E-state index contributed by atoms with van der Waals surface area (Å²) in [5.41, 5.74) is 1.20. The summed E-state index contributed by atoms with van der Waals surface area (Å²) in [7, 11) is 0. The van der Waals surface area contributed by atoms with Crippen molar-refractivity contribution in [1.29, 1.82) is 0 Å². The molecule has 3 rings (SSSR count). The first-order chi connectivity index (χ1) is 11.7. The summed E-state index contributed by atoms with van der Waals surface area (Å²) >= 11 is 0. The molecule has 0 aliphatic carbocycles. The molecule has 0 bridgehead atoms. The van der Waals surface area contributed by atoms with Crippen LogP contribution in [0.3, 0.4) is 0 Å². The number of fused-ring (bicyclic) bond motifs is 1. The molecule has 8 nitrogen and oxygen atoms in total. The van der Waals surface area contributed by atoms with Gasteiger partial charge in [-0.05, 0) is 30.3 Å². The molecule has 0 atom stereocenters. The maximum absolute atomic E-state index is 11.7. The first-order valence-corrected chi connectivity index (χ1v) is 7.24. The smallest absolute Gasteiger partial charge is 0.287 e. The van der Waals surface area contributed by atoms with Gasteiger partial charge < -0.3 is 15.1 Å². The molecule has 0 aliphatic rings. The minimum atomic E-state index is -0.433. The third-order valence-corrected chi connectivity index (χ3v) is 3.41. The molecule has 0 spiro atoms. The maximum atomic E-state index is 11.7. The van der Waals surface area contributed by atoms with Crippen molar-refractivity contribution in [2.24, 2.45) is 0 Å². The minimum absolute atomic E-state index is 0.00905. The predicted octanol–water partition coefficient (Wildman–Crippen LogP) is 2.58. The Morgan fingerprint density at radius 3 is 2.83 bits per heavy atom. The standard InChI is InChI=1S/C16H14N4O4/c21-16(14-4-2-10-24-14)19-9-8-17-12-5-6-13(20(22)23)11-3-1-7-18-15(11)12/h1-7,10,17H,8-9H2,(H,19,21). The van der Waals surface area contributed by atoms with Gasteiger partial charge in [0.15, 0.2) is 5.76 Å². The number of carbonyl (C=O) groups is 1. The van der Waals surface area contributed by atoms with Crippen molar-refractivity contribution in [3.63, 3.8) is 0 Å². The van der Waals surface area contributed by atoms with E-state index in [2.05, 4.69) is 15.6 Å². The fraction of sp³-hybridized carbons (Fsp3) is 0.125. The molecule has 2 heterocycles.